The quantitative estimate of drug-likeness (QED) is 0.241. The molecule has 1 rings (SSSR count). The molecule has 1 aromatic rings. The summed E-state index contributed by atoms with van der Waals surface area (Å²) in [4.78, 5) is 8.14. The van der Waals surface area contributed by atoms with Crippen LogP contribution in [0.25, 0.3) is 0 Å². The van der Waals surface area contributed by atoms with Crippen molar-refractivity contribution in [1.82, 2.24) is 15.6 Å². The van der Waals surface area contributed by atoms with Gasteiger partial charge in [-0.15, -0.1) is 24.0 Å². The number of rotatable bonds is 8. The van der Waals surface area contributed by atoms with Crippen molar-refractivity contribution in [3.8, 4) is 0 Å². The summed E-state index contributed by atoms with van der Waals surface area (Å²) in [7, 11) is 0. The van der Waals surface area contributed by atoms with Crippen LogP contribution in [-0.4, -0.2) is 37.1 Å². The number of hydrogen-bond acceptors (Lipinski definition) is 3. The van der Waals surface area contributed by atoms with Gasteiger partial charge in [-0.2, -0.15) is 13.2 Å². The molecule has 1 heterocycles. The maximum atomic E-state index is 12.4. The second-order valence-corrected chi connectivity index (χ2v) is 4.90. The van der Waals surface area contributed by atoms with Crippen molar-refractivity contribution in [3.05, 3.63) is 23.9 Å². The van der Waals surface area contributed by atoms with E-state index >= 15 is 0 Å². The Morgan fingerprint density at radius 3 is 2.46 bits per heavy atom. The fourth-order valence-electron chi connectivity index (χ4n) is 1.74. The van der Waals surface area contributed by atoms with Crippen LogP contribution < -0.4 is 16.0 Å². The SMILES string of the molecule is CCCN=C(NCC)NCCCNc1ccc(C(F)(F)F)cn1.I. The molecule has 0 spiro atoms. The van der Waals surface area contributed by atoms with E-state index in [9.17, 15) is 13.2 Å². The zero-order valence-corrected chi connectivity index (χ0v) is 16.2. The number of nitrogens with zero attached hydrogens (tertiary/aromatic N) is 2. The number of hydrogen-bond donors (Lipinski definition) is 3. The maximum absolute atomic E-state index is 12.4. The van der Waals surface area contributed by atoms with Crippen LogP contribution in [0.1, 0.15) is 32.3 Å². The molecule has 0 aromatic carbocycles. The van der Waals surface area contributed by atoms with Gasteiger partial charge in [-0.3, -0.25) is 4.99 Å². The van der Waals surface area contributed by atoms with Crippen molar-refractivity contribution < 1.29 is 13.2 Å². The third kappa shape index (κ3) is 9.14. The zero-order chi connectivity index (χ0) is 17.1. The highest BCUT2D eigenvalue weighted by Crippen LogP contribution is 2.28. The lowest BCUT2D eigenvalue weighted by molar-refractivity contribution is -0.137. The lowest BCUT2D eigenvalue weighted by atomic mass is 10.3. The first-order valence-electron chi connectivity index (χ1n) is 7.76. The van der Waals surface area contributed by atoms with Crippen LogP contribution >= 0.6 is 24.0 Å². The van der Waals surface area contributed by atoms with Crippen LogP contribution in [0.15, 0.2) is 23.3 Å². The second-order valence-electron chi connectivity index (χ2n) is 4.90. The molecule has 24 heavy (non-hydrogen) atoms. The van der Waals surface area contributed by atoms with Gasteiger partial charge in [-0.1, -0.05) is 6.92 Å². The summed E-state index contributed by atoms with van der Waals surface area (Å²) in [5.41, 5.74) is -0.743. The van der Waals surface area contributed by atoms with Crippen molar-refractivity contribution >= 4 is 35.8 Å². The topological polar surface area (TPSA) is 61.3 Å². The van der Waals surface area contributed by atoms with E-state index in [2.05, 4.69) is 32.9 Å². The summed E-state index contributed by atoms with van der Waals surface area (Å²) in [5, 5.41) is 9.34. The Morgan fingerprint density at radius 2 is 1.92 bits per heavy atom. The fourth-order valence-corrected chi connectivity index (χ4v) is 1.74. The average molecular weight is 459 g/mol. The van der Waals surface area contributed by atoms with Crippen molar-refractivity contribution in [3.63, 3.8) is 0 Å². The number of pyridine rings is 1. The molecule has 138 valence electrons. The zero-order valence-electron chi connectivity index (χ0n) is 13.9. The number of halogens is 4. The second kappa shape index (κ2) is 12.2. The normalized spacial score (nSPS) is 11.6. The maximum Gasteiger partial charge on any atom is 0.417 e. The standard InChI is InChI=1S/C15H24F3N5.HI/c1-3-8-21-14(19-4-2)22-10-5-9-20-13-7-6-12(11-23-13)15(16,17)18;/h6-7,11H,3-5,8-10H2,1-2H3,(H,20,23)(H2,19,21,22);1H. The summed E-state index contributed by atoms with van der Waals surface area (Å²) in [6.45, 7) is 6.95. The molecule has 0 unspecified atom stereocenters. The lowest BCUT2D eigenvalue weighted by Gasteiger charge is -2.12. The smallest absolute Gasteiger partial charge is 0.370 e. The molecule has 0 atom stereocenters. The van der Waals surface area contributed by atoms with Gasteiger partial charge in [-0.05, 0) is 31.9 Å². The Bertz CT molecular complexity index is 477. The third-order valence-corrected chi connectivity index (χ3v) is 2.88. The number of guanidine groups is 1. The van der Waals surface area contributed by atoms with E-state index < -0.39 is 11.7 Å². The number of aromatic nitrogens is 1. The van der Waals surface area contributed by atoms with Gasteiger partial charge in [0.25, 0.3) is 0 Å². The third-order valence-electron chi connectivity index (χ3n) is 2.88. The van der Waals surface area contributed by atoms with Crippen molar-refractivity contribution in [2.24, 2.45) is 4.99 Å². The summed E-state index contributed by atoms with van der Waals surface area (Å²) in [6, 6.07) is 2.36. The first-order valence-corrected chi connectivity index (χ1v) is 7.76. The Hall–Kier alpha value is -1.26. The molecule has 0 saturated carbocycles. The minimum absolute atomic E-state index is 0. The van der Waals surface area contributed by atoms with E-state index in [4.69, 9.17) is 0 Å². The highest BCUT2D eigenvalue weighted by Gasteiger charge is 2.30. The molecule has 0 aliphatic carbocycles. The summed E-state index contributed by atoms with van der Waals surface area (Å²) >= 11 is 0. The molecular weight excluding hydrogens is 434 g/mol. The number of anilines is 1. The molecule has 0 saturated heterocycles. The molecule has 9 heteroatoms. The largest absolute Gasteiger partial charge is 0.417 e. The Labute approximate surface area is 157 Å². The van der Waals surface area contributed by atoms with E-state index in [1.54, 1.807) is 0 Å². The average Bonchev–Trinajstić information content (AvgIpc) is 2.51. The molecule has 0 amide bonds. The van der Waals surface area contributed by atoms with E-state index in [0.29, 0.717) is 18.9 Å². The summed E-state index contributed by atoms with van der Waals surface area (Å²) < 4.78 is 37.2. The lowest BCUT2D eigenvalue weighted by Crippen LogP contribution is -2.38. The first kappa shape index (κ1) is 22.7. The highest BCUT2D eigenvalue weighted by atomic mass is 127. The van der Waals surface area contributed by atoms with E-state index in [0.717, 1.165) is 44.2 Å². The van der Waals surface area contributed by atoms with Gasteiger partial charge in [-0.25, -0.2) is 4.98 Å². The van der Waals surface area contributed by atoms with E-state index in [1.165, 1.54) is 6.07 Å². The van der Waals surface area contributed by atoms with Crippen LogP contribution in [0, 0.1) is 0 Å². The van der Waals surface area contributed by atoms with Gasteiger partial charge in [0.1, 0.15) is 5.82 Å². The molecule has 0 fully saturated rings. The Kier molecular flexibility index (Phi) is 11.5. The van der Waals surface area contributed by atoms with Crippen LogP contribution in [-0.2, 0) is 6.18 Å². The van der Waals surface area contributed by atoms with E-state index in [-0.39, 0.29) is 24.0 Å². The minimum atomic E-state index is -4.35. The van der Waals surface area contributed by atoms with E-state index in [1.807, 2.05) is 6.92 Å². The molecular formula is C15H25F3IN5. The molecule has 5 nitrogen and oxygen atoms in total. The molecule has 0 bridgehead atoms. The number of aliphatic imine (C=N–C) groups is 1. The molecule has 3 N–H and O–H groups in total. The number of alkyl halides is 3. The Balaban J connectivity index is 0.00000529. The van der Waals surface area contributed by atoms with Crippen molar-refractivity contribution in [2.75, 3.05) is 31.5 Å². The van der Waals surface area contributed by atoms with Crippen molar-refractivity contribution in [1.29, 1.82) is 0 Å². The predicted octanol–water partition coefficient (Wildman–Crippen LogP) is 3.49. The van der Waals surface area contributed by atoms with Crippen molar-refractivity contribution in [2.45, 2.75) is 32.9 Å². The van der Waals surface area contributed by atoms with Crippen LogP contribution in [0.2, 0.25) is 0 Å². The van der Waals surface area contributed by atoms with Gasteiger partial charge >= 0.3 is 6.18 Å². The van der Waals surface area contributed by atoms with Gasteiger partial charge in [0.15, 0.2) is 5.96 Å². The van der Waals surface area contributed by atoms with Gasteiger partial charge < -0.3 is 16.0 Å². The predicted molar refractivity (Wildman–Crippen MR) is 102 cm³/mol. The fraction of sp³-hybridized carbons (Fsp3) is 0.600. The molecule has 0 aliphatic rings. The highest BCUT2D eigenvalue weighted by molar-refractivity contribution is 14.0. The number of nitrogens with one attached hydrogen (secondary N) is 3. The monoisotopic (exact) mass is 459 g/mol. The minimum Gasteiger partial charge on any atom is -0.370 e. The molecule has 0 aliphatic heterocycles. The Morgan fingerprint density at radius 1 is 1.17 bits per heavy atom. The summed E-state index contributed by atoms with van der Waals surface area (Å²) in [5.74, 6) is 1.21. The van der Waals surface area contributed by atoms with Crippen LogP contribution in [0.5, 0.6) is 0 Å². The van der Waals surface area contributed by atoms with Gasteiger partial charge in [0.2, 0.25) is 0 Å². The van der Waals surface area contributed by atoms with Crippen LogP contribution in [0.4, 0.5) is 19.0 Å². The first-order chi connectivity index (χ1) is 11.0. The van der Waals surface area contributed by atoms with Crippen LogP contribution in [0.3, 0.4) is 0 Å². The molecule has 0 radical (unpaired) electrons. The van der Waals surface area contributed by atoms with Gasteiger partial charge in [0.05, 0.1) is 5.56 Å². The van der Waals surface area contributed by atoms with Gasteiger partial charge in [0, 0.05) is 32.4 Å². The summed E-state index contributed by atoms with van der Waals surface area (Å²) in [6.07, 6.45) is -1.74. The molecule has 1 aromatic heterocycles.